The molecule has 0 amide bonds. The molecule has 3 nitrogen and oxygen atoms in total. The van der Waals surface area contributed by atoms with E-state index in [0.29, 0.717) is 0 Å². The molecule has 0 aliphatic heterocycles. The molecule has 0 atom stereocenters. The van der Waals surface area contributed by atoms with Crippen LogP contribution < -0.4 is 4.18 Å². The molecule has 0 saturated carbocycles. The van der Waals surface area contributed by atoms with Crippen LogP contribution in [-0.4, -0.2) is 14.2 Å². The number of para-hydroxylation sites is 1. The van der Waals surface area contributed by atoms with Gasteiger partial charge in [-0.05, 0) is 18.6 Å². The zero-order chi connectivity index (χ0) is 16.1. The van der Waals surface area contributed by atoms with Gasteiger partial charge in [0.2, 0.25) is 0 Å². The first kappa shape index (κ1) is 16.4. The molecule has 0 aromatic heterocycles. The largest absolute Gasteiger partial charge is 0.382 e. The van der Waals surface area contributed by atoms with E-state index in [0.717, 1.165) is 0 Å². The maximum absolute atomic E-state index is 13.9. The summed E-state index contributed by atoms with van der Waals surface area (Å²) in [5.74, 6) is -3.33. The van der Waals surface area contributed by atoms with E-state index in [9.17, 15) is 17.2 Å². The highest BCUT2D eigenvalue weighted by molar-refractivity contribution is 7.87. The average molecular weight is 326 g/mol. The summed E-state index contributed by atoms with van der Waals surface area (Å²) in [5.41, 5.74) is -0.114. The van der Waals surface area contributed by atoms with Crippen molar-refractivity contribution in [1.82, 2.24) is 0 Å². The van der Waals surface area contributed by atoms with Crippen molar-refractivity contribution in [3.8, 4) is 5.75 Å². The fourth-order valence-electron chi connectivity index (χ4n) is 1.96. The number of benzene rings is 2. The third-order valence-corrected chi connectivity index (χ3v) is 4.28. The van der Waals surface area contributed by atoms with Crippen molar-refractivity contribution in [2.45, 2.75) is 18.8 Å². The predicted molar refractivity (Wildman–Crippen MR) is 80.4 cm³/mol. The van der Waals surface area contributed by atoms with E-state index in [-0.39, 0.29) is 17.7 Å². The Labute approximate surface area is 128 Å². The van der Waals surface area contributed by atoms with Crippen LogP contribution in [0.2, 0.25) is 0 Å². The number of rotatable bonds is 7. The van der Waals surface area contributed by atoms with Crippen LogP contribution in [-0.2, 0) is 16.0 Å². The molecule has 2 aromatic rings. The first-order valence-corrected chi connectivity index (χ1v) is 8.37. The van der Waals surface area contributed by atoms with Gasteiger partial charge in [0.25, 0.3) is 5.92 Å². The van der Waals surface area contributed by atoms with Gasteiger partial charge in [0.1, 0.15) is 5.75 Å². The van der Waals surface area contributed by atoms with Crippen molar-refractivity contribution in [3.63, 3.8) is 0 Å². The van der Waals surface area contributed by atoms with Gasteiger partial charge in [-0.3, -0.25) is 0 Å². The van der Waals surface area contributed by atoms with Crippen LogP contribution in [0.3, 0.4) is 0 Å². The van der Waals surface area contributed by atoms with Gasteiger partial charge in [0, 0.05) is 12.0 Å². The van der Waals surface area contributed by atoms with E-state index in [1.807, 2.05) is 0 Å². The normalized spacial score (nSPS) is 12.1. The quantitative estimate of drug-likeness (QED) is 0.723. The molecule has 0 radical (unpaired) electrons. The number of hydrogen-bond acceptors (Lipinski definition) is 3. The molecule has 0 spiro atoms. The second-order valence-electron chi connectivity index (χ2n) is 4.83. The zero-order valence-corrected chi connectivity index (χ0v) is 12.6. The van der Waals surface area contributed by atoms with Crippen LogP contribution in [0.5, 0.6) is 5.75 Å². The van der Waals surface area contributed by atoms with Crippen LogP contribution in [0, 0.1) is 0 Å². The van der Waals surface area contributed by atoms with Crippen LogP contribution in [0.4, 0.5) is 8.78 Å². The second-order valence-corrected chi connectivity index (χ2v) is 6.52. The Hall–Kier alpha value is -1.95. The molecule has 0 aliphatic carbocycles. The average Bonchev–Trinajstić information content (AvgIpc) is 2.48. The van der Waals surface area contributed by atoms with E-state index in [4.69, 9.17) is 4.18 Å². The third kappa shape index (κ3) is 4.80. The highest BCUT2D eigenvalue weighted by Gasteiger charge is 2.31. The molecule has 0 saturated heterocycles. The van der Waals surface area contributed by atoms with Gasteiger partial charge in [-0.1, -0.05) is 48.5 Å². The highest BCUT2D eigenvalue weighted by atomic mass is 32.2. The Bertz CT molecular complexity index is 686. The van der Waals surface area contributed by atoms with Crippen LogP contribution in [0.1, 0.15) is 18.4 Å². The van der Waals surface area contributed by atoms with Crippen LogP contribution in [0.25, 0.3) is 0 Å². The molecule has 2 rings (SSSR count). The van der Waals surface area contributed by atoms with Crippen molar-refractivity contribution in [3.05, 3.63) is 66.2 Å². The number of alkyl halides is 2. The number of halogens is 2. The lowest BCUT2D eigenvalue weighted by Gasteiger charge is -2.16. The first-order valence-electron chi connectivity index (χ1n) is 6.80. The van der Waals surface area contributed by atoms with E-state index in [1.165, 1.54) is 36.4 Å². The minimum atomic E-state index is -3.87. The molecular weight excluding hydrogens is 310 g/mol. The van der Waals surface area contributed by atoms with Crippen LogP contribution >= 0.6 is 0 Å². The monoisotopic (exact) mass is 326 g/mol. The Morgan fingerprint density at radius 2 is 1.45 bits per heavy atom. The highest BCUT2D eigenvalue weighted by Crippen LogP contribution is 2.32. The summed E-state index contributed by atoms with van der Waals surface area (Å²) in [5, 5.41) is 0. The minimum absolute atomic E-state index is 0.114. The summed E-state index contributed by atoms with van der Waals surface area (Å²) in [6.07, 6.45) is -0.731. The van der Waals surface area contributed by atoms with Crippen molar-refractivity contribution in [2.75, 3.05) is 5.75 Å². The summed E-state index contributed by atoms with van der Waals surface area (Å²) in [6.45, 7) is 0. The Morgan fingerprint density at radius 3 is 2.05 bits per heavy atom. The molecule has 0 N–H and O–H groups in total. The predicted octanol–water partition coefficient (Wildman–Crippen LogP) is 3.97. The first-order chi connectivity index (χ1) is 10.4. The summed E-state index contributed by atoms with van der Waals surface area (Å²) in [7, 11) is -3.87. The summed E-state index contributed by atoms with van der Waals surface area (Å²) < 4.78 is 56.2. The third-order valence-electron chi connectivity index (χ3n) is 3.05. The Kier molecular flexibility index (Phi) is 5.13. The summed E-state index contributed by atoms with van der Waals surface area (Å²) >= 11 is 0. The van der Waals surface area contributed by atoms with Gasteiger partial charge in [0.15, 0.2) is 0 Å². The molecule has 0 aliphatic rings. The lowest BCUT2D eigenvalue weighted by Crippen LogP contribution is -2.18. The van der Waals surface area contributed by atoms with Gasteiger partial charge in [-0.25, -0.2) is 8.78 Å². The smallest absolute Gasteiger partial charge is 0.309 e. The van der Waals surface area contributed by atoms with E-state index in [1.54, 1.807) is 24.3 Å². The fourth-order valence-corrected chi connectivity index (χ4v) is 2.95. The van der Waals surface area contributed by atoms with E-state index < -0.39 is 28.2 Å². The molecule has 22 heavy (non-hydrogen) atoms. The van der Waals surface area contributed by atoms with Gasteiger partial charge in [-0.15, -0.1) is 0 Å². The number of hydrogen-bond donors (Lipinski definition) is 0. The lowest BCUT2D eigenvalue weighted by atomic mass is 10.0. The van der Waals surface area contributed by atoms with E-state index >= 15 is 0 Å². The molecule has 0 bridgehead atoms. The minimum Gasteiger partial charge on any atom is -0.382 e. The standard InChI is InChI=1S/C16H16F2O3S/c17-16(18,14-8-3-1-4-9-14)12-7-13-22(19,20)21-15-10-5-2-6-11-15/h1-6,8-11H,7,12-13H2. The van der Waals surface area contributed by atoms with Crippen LogP contribution in [0.15, 0.2) is 60.7 Å². The topological polar surface area (TPSA) is 43.4 Å². The van der Waals surface area contributed by atoms with Gasteiger partial charge >= 0.3 is 10.1 Å². The fraction of sp³-hybridized carbons (Fsp3) is 0.250. The van der Waals surface area contributed by atoms with Gasteiger partial charge < -0.3 is 4.18 Å². The molecule has 118 valence electrons. The van der Waals surface area contributed by atoms with Crippen molar-refractivity contribution in [2.24, 2.45) is 0 Å². The summed E-state index contributed by atoms with van der Waals surface area (Å²) in [6, 6.07) is 15.3. The molecule has 2 aromatic carbocycles. The molecule has 6 heteroatoms. The van der Waals surface area contributed by atoms with Crippen molar-refractivity contribution >= 4 is 10.1 Å². The van der Waals surface area contributed by atoms with Crippen molar-refractivity contribution in [1.29, 1.82) is 0 Å². The summed E-state index contributed by atoms with van der Waals surface area (Å²) in [4.78, 5) is 0. The molecule has 0 fully saturated rings. The van der Waals surface area contributed by atoms with Gasteiger partial charge in [0.05, 0.1) is 5.75 Å². The lowest BCUT2D eigenvalue weighted by molar-refractivity contribution is -0.0138. The SMILES string of the molecule is O=S(=O)(CCCC(F)(F)c1ccccc1)Oc1ccccc1. The molecular formula is C16H16F2O3S. The Balaban J connectivity index is 1.90. The van der Waals surface area contributed by atoms with Crippen molar-refractivity contribution < 1.29 is 21.4 Å². The molecule has 0 heterocycles. The van der Waals surface area contributed by atoms with Gasteiger partial charge in [-0.2, -0.15) is 8.42 Å². The molecule has 0 unspecified atom stereocenters. The maximum atomic E-state index is 13.9. The zero-order valence-electron chi connectivity index (χ0n) is 11.8. The maximum Gasteiger partial charge on any atom is 0.309 e. The Morgan fingerprint density at radius 1 is 0.909 bits per heavy atom. The second kappa shape index (κ2) is 6.87. The van der Waals surface area contributed by atoms with E-state index in [2.05, 4.69) is 0 Å².